The van der Waals surface area contributed by atoms with Gasteiger partial charge in [-0.05, 0) is 25.8 Å². The Labute approximate surface area is 109 Å². The van der Waals surface area contributed by atoms with Gasteiger partial charge in [0.15, 0.2) is 0 Å². The first-order chi connectivity index (χ1) is 8.42. The molecule has 18 heavy (non-hydrogen) atoms. The van der Waals surface area contributed by atoms with E-state index in [0.29, 0.717) is 12.5 Å². The second-order valence-corrected chi connectivity index (χ2v) is 4.78. The Bertz CT molecular complexity index is 269. The first kappa shape index (κ1) is 16.9. The summed E-state index contributed by atoms with van der Waals surface area (Å²) in [5.74, 6) is 0.171. The van der Waals surface area contributed by atoms with Gasteiger partial charge in [-0.25, -0.2) is 4.79 Å². The zero-order chi connectivity index (χ0) is 14.1. The molecule has 0 rings (SSSR count). The molecule has 106 valence electrons. The number of nitrogens with zero attached hydrogens (tertiary/aromatic N) is 1. The minimum absolute atomic E-state index is 0.285. The van der Waals surface area contributed by atoms with Gasteiger partial charge in [-0.2, -0.15) is 0 Å². The van der Waals surface area contributed by atoms with Crippen LogP contribution < -0.4 is 16.4 Å². The maximum absolute atomic E-state index is 11.9. The van der Waals surface area contributed by atoms with E-state index in [-0.39, 0.29) is 11.9 Å². The number of imide groups is 1. The zero-order valence-electron chi connectivity index (χ0n) is 11.8. The van der Waals surface area contributed by atoms with Crippen LogP contribution in [0.4, 0.5) is 4.79 Å². The van der Waals surface area contributed by atoms with Crippen LogP contribution in [0.25, 0.3) is 0 Å². The summed E-state index contributed by atoms with van der Waals surface area (Å²) >= 11 is 0. The molecule has 1 unspecified atom stereocenters. The fourth-order valence-corrected chi connectivity index (χ4v) is 1.65. The largest absolute Gasteiger partial charge is 0.341 e. The van der Waals surface area contributed by atoms with Crippen molar-refractivity contribution in [2.75, 3.05) is 26.7 Å². The zero-order valence-corrected chi connectivity index (χ0v) is 11.8. The summed E-state index contributed by atoms with van der Waals surface area (Å²) in [5, 5.41) is 4.66. The molecule has 0 aromatic rings. The molecule has 3 amide bonds. The summed E-state index contributed by atoms with van der Waals surface area (Å²) in [5.41, 5.74) is 5.49. The molecule has 0 saturated heterocycles. The second kappa shape index (κ2) is 8.88. The average molecular weight is 258 g/mol. The van der Waals surface area contributed by atoms with Gasteiger partial charge in [0.2, 0.25) is 5.91 Å². The number of carbonyl (C=O) groups excluding carboxylic acids is 2. The van der Waals surface area contributed by atoms with Gasteiger partial charge in [0.05, 0.1) is 6.04 Å². The molecular formula is C12H26N4O2. The van der Waals surface area contributed by atoms with E-state index < -0.39 is 6.03 Å². The molecule has 0 spiro atoms. The molecule has 4 N–H and O–H groups in total. The van der Waals surface area contributed by atoms with Crippen molar-refractivity contribution in [2.45, 2.75) is 33.2 Å². The molecular weight excluding hydrogens is 232 g/mol. The van der Waals surface area contributed by atoms with E-state index in [4.69, 9.17) is 5.73 Å². The summed E-state index contributed by atoms with van der Waals surface area (Å²) in [6, 6.07) is -0.813. The van der Waals surface area contributed by atoms with Crippen LogP contribution in [-0.4, -0.2) is 49.6 Å². The van der Waals surface area contributed by atoms with Crippen molar-refractivity contribution in [3.05, 3.63) is 0 Å². The SMILES string of the molecule is CNC(=O)NC(=O)C(C)N(CCCN)CC(C)C. The standard InChI is InChI=1S/C12H26N4O2/c1-9(2)8-16(7-5-6-13)10(3)11(17)15-12(18)14-4/h9-10H,5-8,13H2,1-4H3,(H2,14,15,17,18). The van der Waals surface area contributed by atoms with Gasteiger partial charge in [0.25, 0.3) is 0 Å². The Morgan fingerprint density at radius 1 is 1.28 bits per heavy atom. The average Bonchev–Trinajstić information content (AvgIpc) is 2.32. The lowest BCUT2D eigenvalue weighted by Gasteiger charge is -2.29. The molecule has 6 nitrogen and oxygen atoms in total. The number of carbonyl (C=O) groups is 2. The van der Waals surface area contributed by atoms with Crippen molar-refractivity contribution in [1.29, 1.82) is 0 Å². The van der Waals surface area contributed by atoms with E-state index in [9.17, 15) is 9.59 Å². The smallest absolute Gasteiger partial charge is 0.321 e. The molecule has 0 aliphatic rings. The summed E-state index contributed by atoms with van der Waals surface area (Å²) < 4.78 is 0. The van der Waals surface area contributed by atoms with Crippen molar-refractivity contribution in [1.82, 2.24) is 15.5 Å². The number of hydrogen-bond acceptors (Lipinski definition) is 4. The van der Waals surface area contributed by atoms with E-state index in [1.165, 1.54) is 7.05 Å². The van der Waals surface area contributed by atoms with Crippen LogP contribution >= 0.6 is 0 Å². The van der Waals surface area contributed by atoms with Gasteiger partial charge >= 0.3 is 6.03 Å². The minimum Gasteiger partial charge on any atom is -0.341 e. The normalized spacial score (nSPS) is 12.6. The van der Waals surface area contributed by atoms with Crippen LogP contribution in [0, 0.1) is 5.92 Å². The predicted molar refractivity (Wildman–Crippen MR) is 72.1 cm³/mol. The fourth-order valence-electron chi connectivity index (χ4n) is 1.65. The molecule has 0 radical (unpaired) electrons. The quantitative estimate of drug-likeness (QED) is 0.606. The Hall–Kier alpha value is -1.14. The summed E-state index contributed by atoms with van der Waals surface area (Å²) in [7, 11) is 1.48. The van der Waals surface area contributed by atoms with Crippen molar-refractivity contribution >= 4 is 11.9 Å². The molecule has 6 heteroatoms. The van der Waals surface area contributed by atoms with E-state index in [1.54, 1.807) is 6.92 Å². The molecule has 0 aliphatic heterocycles. The molecule has 0 bridgehead atoms. The van der Waals surface area contributed by atoms with Crippen molar-refractivity contribution < 1.29 is 9.59 Å². The van der Waals surface area contributed by atoms with Crippen molar-refractivity contribution in [3.63, 3.8) is 0 Å². The summed E-state index contributed by atoms with van der Waals surface area (Å²) in [6.45, 7) is 8.16. The van der Waals surface area contributed by atoms with Crippen LogP contribution in [0.1, 0.15) is 27.2 Å². The molecule has 1 atom stereocenters. The third-order valence-electron chi connectivity index (χ3n) is 2.64. The summed E-state index contributed by atoms with van der Waals surface area (Å²) in [4.78, 5) is 25.0. The van der Waals surface area contributed by atoms with Crippen LogP contribution in [-0.2, 0) is 4.79 Å². The highest BCUT2D eigenvalue weighted by atomic mass is 16.2. The van der Waals surface area contributed by atoms with Crippen molar-refractivity contribution in [3.8, 4) is 0 Å². The maximum Gasteiger partial charge on any atom is 0.321 e. The maximum atomic E-state index is 11.9. The Kier molecular flexibility index (Phi) is 8.32. The number of urea groups is 1. The third-order valence-corrected chi connectivity index (χ3v) is 2.64. The number of nitrogens with one attached hydrogen (secondary N) is 2. The number of nitrogens with two attached hydrogens (primary N) is 1. The van der Waals surface area contributed by atoms with Gasteiger partial charge in [-0.15, -0.1) is 0 Å². The van der Waals surface area contributed by atoms with Crippen LogP contribution in [0.5, 0.6) is 0 Å². The minimum atomic E-state index is -0.477. The lowest BCUT2D eigenvalue weighted by Crippen LogP contribution is -2.50. The molecule has 0 saturated carbocycles. The number of hydrogen-bond donors (Lipinski definition) is 3. The van der Waals surface area contributed by atoms with E-state index in [0.717, 1.165) is 19.5 Å². The van der Waals surface area contributed by atoms with E-state index in [2.05, 4.69) is 29.4 Å². The van der Waals surface area contributed by atoms with Crippen molar-refractivity contribution in [2.24, 2.45) is 11.7 Å². The lowest BCUT2D eigenvalue weighted by atomic mass is 10.1. The predicted octanol–water partition coefficient (Wildman–Crippen LogP) is 0.137. The van der Waals surface area contributed by atoms with E-state index >= 15 is 0 Å². The second-order valence-electron chi connectivity index (χ2n) is 4.78. The highest BCUT2D eigenvalue weighted by Gasteiger charge is 2.22. The molecule has 0 aliphatic carbocycles. The van der Waals surface area contributed by atoms with Gasteiger partial charge in [0, 0.05) is 20.1 Å². The summed E-state index contributed by atoms with van der Waals surface area (Å²) in [6.07, 6.45) is 0.838. The van der Waals surface area contributed by atoms with Gasteiger partial charge in [-0.3, -0.25) is 15.0 Å². The van der Waals surface area contributed by atoms with Gasteiger partial charge in [0.1, 0.15) is 0 Å². The number of amides is 3. The molecule has 0 fully saturated rings. The Balaban J connectivity index is 4.46. The van der Waals surface area contributed by atoms with E-state index in [1.807, 2.05) is 0 Å². The van der Waals surface area contributed by atoms with Crippen LogP contribution in [0.2, 0.25) is 0 Å². The molecule has 0 heterocycles. The highest BCUT2D eigenvalue weighted by molar-refractivity contribution is 5.96. The fraction of sp³-hybridized carbons (Fsp3) is 0.833. The monoisotopic (exact) mass is 258 g/mol. The highest BCUT2D eigenvalue weighted by Crippen LogP contribution is 2.05. The van der Waals surface area contributed by atoms with Gasteiger partial charge < -0.3 is 11.1 Å². The Morgan fingerprint density at radius 3 is 2.33 bits per heavy atom. The van der Waals surface area contributed by atoms with Crippen LogP contribution in [0.15, 0.2) is 0 Å². The lowest BCUT2D eigenvalue weighted by molar-refractivity contribution is -0.125. The third kappa shape index (κ3) is 6.56. The molecule has 0 aromatic heterocycles. The first-order valence-corrected chi connectivity index (χ1v) is 6.39. The van der Waals surface area contributed by atoms with Crippen LogP contribution in [0.3, 0.4) is 0 Å². The Morgan fingerprint density at radius 2 is 1.89 bits per heavy atom. The topological polar surface area (TPSA) is 87.5 Å². The first-order valence-electron chi connectivity index (χ1n) is 6.39. The van der Waals surface area contributed by atoms with Gasteiger partial charge in [-0.1, -0.05) is 13.8 Å². The number of rotatable bonds is 7. The molecule has 0 aromatic carbocycles.